The van der Waals surface area contributed by atoms with Gasteiger partial charge < -0.3 is 15.2 Å². The molecule has 2 N–H and O–H groups in total. The zero-order valence-corrected chi connectivity index (χ0v) is 18.8. The lowest BCUT2D eigenvalue weighted by atomic mass is 10.0. The van der Waals surface area contributed by atoms with E-state index in [1.807, 2.05) is 12.1 Å². The zero-order valence-electron chi connectivity index (χ0n) is 18.1. The highest BCUT2D eigenvalue weighted by Gasteiger charge is 2.28. The van der Waals surface area contributed by atoms with Crippen LogP contribution in [-0.4, -0.2) is 22.5 Å². The highest BCUT2D eigenvalue weighted by molar-refractivity contribution is 6.33. The van der Waals surface area contributed by atoms with Gasteiger partial charge in [-0.25, -0.2) is 4.98 Å². The van der Waals surface area contributed by atoms with Gasteiger partial charge in [-0.1, -0.05) is 59.2 Å². The fourth-order valence-corrected chi connectivity index (χ4v) is 3.82. The van der Waals surface area contributed by atoms with Crippen LogP contribution < -0.4 is 10.6 Å². The maximum Gasteiger partial charge on any atom is 0.271 e. The van der Waals surface area contributed by atoms with Crippen LogP contribution in [0.2, 0.25) is 5.02 Å². The van der Waals surface area contributed by atoms with Gasteiger partial charge in [0.1, 0.15) is 5.82 Å². The second-order valence-electron chi connectivity index (χ2n) is 7.77. The molecule has 2 rings (SSSR count). The maximum absolute atomic E-state index is 12.8. The van der Waals surface area contributed by atoms with Gasteiger partial charge in [-0.3, -0.25) is 4.79 Å². The van der Waals surface area contributed by atoms with Crippen LogP contribution in [-0.2, 0) is 6.42 Å². The molecule has 0 saturated heterocycles. The van der Waals surface area contributed by atoms with E-state index in [1.54, 1.807) is 7.05 Å². The monoisotopic (exact) mass is 404 g/mol. The molecule has 0 spiro atoms. The first kappa shape index (κ1) is 22.3. The average Bonchev–Trinajstić information content (AvgIpc) is 3.01. The molecule has 28 heavy (non-hydrogen) atoms. The van der Waals surface area contributed by atoms with E-state index in [0.29, 0.717) is 28.4 Å². The van der Waals surface area contributed by atoms with Crippen molar-refractivity contribution in [2.45, 2.75) is 66.3 Å². The van der Waals surface area contributed by atoms with Crippen molar-refractivity contribution in [3.05, 3.63) is 40.3 Å². The molecule has 5 nitrogen and oxygen atoms in total. The summed E-state index contributed by atoms with van der Waals surface area (Å²) < 4.78 is 2.10. The Kier molecular flexibility index (Phi) is 7.53. The van der Waals surface area contributed by atoms with Gasteiger partial charge in [0.2, 0.25) is 0 Å². The molecule has 0 aliphatic heterocycles. The Morgan fingerprint density at radius 1 is 1.21 bits per heavy atom. The molecule has 1 aromatic carbocycles. The molecule has 1 amide bonds. The molecule has 1 atom stereocenters. The Balaban J connectivity index is 2.58. The second kappa shape index (κ2) is 9.46. The van der Waals surface area contributed by atoms with Crippen LogP contribution in [0.5, 0.6) is 0 Å². The molecule has 0 radical (unpaired) electrons. The number of imidazole rings is 1. The lowest BCUT2D eigenvalue weighted by Crippen LogP contribution is -2.27. The fraction of sp³-hybridized carbons (Fsp3) is 0.545. The first-order valence-corrected chi connectivity index (χ1v) is 10.5. The molecule has 1 aromatic heterocycles. The summed E-state index contributed by atoms with van der Waals surface area (Å²) in [6, 6.07) is 6.17. The van der Waals surface area contributed by atoms with Crippen LogP contribution in [0.1, 0.15) is 81.8 Å². The van der Waals surface area contributed by atoms with Crippen molar-refractivity contribution in [3.8, 4) is 0 Å². The van der Waals surface area contributed by atoms with Crippen molar-refractivity contribution >= 4 is 29.0 Å². The SMILES string of the molecule is CCc1nc(Nc2ccc(C(C)C)cc2Cl)c(C(=O)NC)n1C(CC)C(C)C. The summed E-state index contributed by atoms with van der Waals surface area (Å²) in [5, 5.41) is 6.70. The van der Waals surface area contributed by atoms with Crippen LogP contribution >= 0.6 is 11.6 Å². The number of rotatable bonds is 8. The lowest BCUT2D eigenvalue weighted by molar-refractivity contribution is 0.0950. The number of carbonyl (C=O) groups is 1. The lowest BCUT2D eigenvalue weighted by Gasteiger charge is -2.25. The number of nitrogens with zero attached hydrogens (tertiary/aromatic N) is 2. The van der Waals surface area contributed by atoms with E-state index in [9.17, 15) is 4.79 Å². The molecule has 1 heterocycles. The van der Waals surface area contributed by atoms with E-state index in [1.165, 1.54) is 5.56 Å². The smallest absolute Gasteiger partial charge is 0.271 e. The molecule has 0 aliphatic rings. The van der Waals surface area contributed by atoms with Gasteiger partial charge in [0.25, 0.3) is 5.91 Å². The van der Waals surface area contributed by atoms with Crippen molar-refractivity contribution in [1.82, 2.24) is 14.9 Å². The minimum absolute atomic E-state index is 0.149. The number of aryl methyl sites for hydroxylation is 1. The topological polar surface area (TPSA) is 59.0 Å². The quantitative estimate of drug-likeness (QED) is 0.572. The van der Waals surface area contributed by atoms with E-state index in [-0.39, 0.29) is 11.9 Å². The molecule has 0 aliphatic carbocycles. The molecule has 0 fully saturated rings. The van der Waals surface area contributed by atoms with Crippen LogP contribution in [0.3, 0.4) is 0 Å². The summed E-state index contributed by atoms with van der Waals surface area (Å²) in [6.45, 7) is 12.8. The van der Waals surface area contributed by atoms with Gasteiger partial charge in [0.05, 0.1) is 10.7 Å². The highest BCUT2D eigenvalue weighted by atomic mass is 35.5. The van der Waals surface area contributed by atoms with Crippen molar-refractivity contribution in [1.29, 1.82) is 0 Å². The molecular formula is C22H33ClN4O. The largest absolute Gasteiger partial charge is 0.354 e. The first-order chi connectivity index (χ1) is 13.2. The zero-order chi connectivity index (χ0) is 21.0. The van der Waals surface area contributed by atoms with Crippen LogP contribution in [0.15, 0.2) is 18.2 Å². The number of nitrogens with one attached hydrogen (secondary N) is 2. The Labute approximate surface area is 173 Å². The third-order valence-electron chi connectivity index (χ3n) is 5.17. The number of halogens is 1. The number of hydrogen-bond donors (Lipinski definition) is 2. The van der Waals surface area contributed by atoms with Crippen LogP contribution in [0.25, 0.3) is 0 Å². The van der Waals surface area contributed by atoms with Crippen LogP contribution in [0.4, 0.5) is 11.5 Å². The van der Waals surface area contributed by atoms with Crippen molar-refractivity contribution in [3.63, 3.8) is 0 Å². The average molecular weight is 405 g/mol. The van der Waals surface area contributed by atoms with E-state index in [2.05, 4.69) is 62.8 Å². The summed E-state index contributed by atoms with van der Waals surface area (Å²) >= 11 is 6.51. The predicted molar refractivity (Wildman–Crippen MR) is 118 cm³/mol. The van der Waals surface area contributed by atoms with E-state index in [0.717, 1.165) is 24.4 Å². The number of carbonyl (C=O) groups excluding carboxylic acids is 1. The van der Waals surface area contributed by atoms with Gasteiger partial charge in [-0.15, -0.1) is 0 Å². The predicted octanol–water partition coefficient (Wildman–Crippen LogP) is 5.93. The van der Waals surface area contributed by atoms with Crippen molar-refractivity contribution in [2.75, 3.05) is 12.4 Å². The first-order valence-electron chi connectivity index (χ1n) is 10.1. The van der Waals surface area contributed by atoms with Gasteiger partial charge >= 0.3 is 0 Å². The number of aromatic nitrogens is 2. The van der Waals surface area contributed by atoms with Crippen molar-refractivity contribution < 1.29 is 4.79 Å². The Morgan fingerprint density at radius 2 is 1.89 bits per heavy atom. The van der Waals surface area contributed by atoms with E-state index < -0.39 is 0 Å². The number of benzene rings is 1. The summed E-state index contributed by atoms with van der Waals surface area (Å²) in [6.07, 6.45) is 1.67. The fourth-order valence-electron chi connectivity index (χ4n) is 3.58. The molecule has 1 unspecified atom stereocenters. The summed E-state index contributed by atoms with van der Waals surface area (Å²) in [5.41, 5.74) is 2.48. The summed E-state index contributed by atoms with van der Waals surface area (Å²) in [7, 11) is 1.65. The number of anilines is 2. The molecular weight excluding hydrogens is 372 g/mol. The summed E-state index contributed by atoms with van der Waals surface area (Å²) in [4.78, 5) is 17.6. The Morgan fingerprint density at radius 3 is 2.36 bits per heavy atom. The van der Waals surface area contributed by atoms with Gasteiger partial charge in [0, 0.05) is 19.5 Å². The minimum atomic E-state index is -0.149. The summed E-state index contributed by atoms with van der Waals surface area (Å²) in [5.74, 6) is 2.08. The molecule has 154 valence electrons. The molecule has 0 bridgehead atoms. The number of hydrogen-bond acceptors (Lipinski definition) is 3. The third-order valence-corrected chi connectivity index (χ3v) is 5.49. The van der Waals surface area contributed by atoms with Gasteiger partial charge in [-0.05, 0) is 36.0 Å². The highest BCUT2D eigenvalue weighted by Crippen LogP contribution is 2.33. The standard InChI is InChI=1S/C22H33ClN4O/c1-8-18(14(5)6)27-19(9-2)26-21(20(27)22(28)24-7)25-17-11-10-15(13(3)4)12-16(17)23/h10-14,18,25H,8-9H2,1-7H3,(H,24,28). The number of amides is 1. The molecule has 6 heteroatoms. The van der Waals surface area contributed by atoms with Gasteiger partial charge in [0.15, 0.2) is 11.5 Å². The van der Waals surface area contributed by atoms with E-state index in [4.69, 9.17) is 16.6 Å². The van der Waals surface area contributed by atoms with E-state index >= 15 is 0 Å². The minimum Gasteiger partial charge on any atom is -0.354 e. The molecule has 2 aromatic rings. The Hall–Kier alpha value is -2.01. The third kappa shape index (κ3) is 4.52. The second-order valence-corrected chi connectivity index (χ2v) is 8.17. The maximum atomic E-state index is 12.8. The normalized spacial score (nSPS) is 12.5. The Bertz CT molecular complexity index is 826. The van der Waals surface area contributed by atoms with Crippen LogP contribution in [0, 0.1) is 5.92 Å². The van der Waals surface area contributed by atoms with Crippen molar-refractivity contribution in [2.24, 2.45) is 5.92 Å². The molecule has 0 saturated carbocycles. The van der Waals surface area contributed by atoms with Gasteiger partial charge in [-0.2, -0.15) is 0 Å².